The molecule has 0 saturated heterocycles. The number of hydrazone groups is 1. The molecule has 0 aliphatic carbocycles. The zero-order valence-corrected chi connectivity index (χ0v) is 13.5. The number of allylic oxidation sites excluding steroid dienone is 1. The Balaban J connectivity index is 2.14. The van der Waals surface area contributed by atoms with Crippen molar-refractivity contribution >= 4 is 11.9 Å². The van der Waals surface area contributed by atoms with Gasteiger partial charge in [0.2, 0.25) is 0 Å². The molecule has 0 radical (unpaired) electrons. The lowest BCUT2D eigenvalue weighted by molar-refractivity contribution is -0.137. The monoisotopic (exact) mass is 350 g/mol. The zero-order valence-electron chi connectivity index (χ0n) is 13.5. The number of ether oxygens (including phenoxy) is 1. The second kappa shape index (κ2) is 7.74. The molecule has 2 rings (SSSR count). The SMILES string of the molecule is C=CCc1cc(C=NNc2ccc(C(F)(F)F)cc2)cc(OC)c1O. The molecule has 7 heteroatoms. The Bertz CT molecular complexity index is 769. The number of aromatic hydroxyl groups is 1. The Labute approximate surface area is 143 Å². The molecular weight excluding hydrogens is 333 g/mol. The lowest BCUT2D eigenvalue weighted by Crippen LogP contribution is -2.04. The fourth-order valence-electron chi connectivity index (χ4n) is 2.15. The summed E-state index contributed by atoms with van der Waals surface area (Å²) in [6.07, 6.45) is -0.787. The van der Waals surface area contributed by atoms with Crippen molar-refractivity contribution in [2.75, 3.05) is 12.5 Å². The van der Waals surface area contributed by atoms with E-state index in [1.165, 1.54) is 25.5 Å². The van der Waals surface area contributed by atoms with E-state index in [1.54, 1.807) is 18.2 Å². The van der Waals surface area contributed by atoms with Crippen LogP contribution in [0.15, 0.2) is 54.2 Å². The van der Waals surface area contributed by atoms with Gasteiger partial charge in [-0.2, -0.15) is 18.3 Å². The van der Waals surface area contributed by atoms with Gasteiger partial charge < -0.3 is 9.84 Å². The van der Waals surface area contributed by atoms with Crippen LogP contribution in [0.1, 0.15) is 16.7 Å². The standard InChI is InChI=1S/C18H17F3N2O2/c1-3-4-13-9-12(10-16(25-2)17(13)24)11-22-23-15-7-5-14(6-8-15)18(19,20)21/h3,5-11,23-24H,1,4H2,2H3. The molecule has 2 aromatic rings. The van der Waals surface area contributed by atoms with E-state index in [4.69, 9.17) is 4.74 Å². The molecule has 0 saturated carbocycles. The largest absolute Gasteiger partial charge is 0.504 e. The number of alkyl halides is 3. The lowest BCUT2D eigenvalue weighted by atomic mass is 10.1. The minimum atomic E-state index is -4.37. The number of nitrogens with zero attached hydrogens (tertiary/aromatic N) is 1. The molecule has 2 aromatic carbocycles. The summed E-state index contributed by atoms with van der Waals surface area (Å²) in [6.45, 7) is 3.63. The second-order valence-corrected chi connectivity index (χ2v) is 5.17. The molecule has 0 aromatic heterocycles. The molecule has 0 unspecified atom stereocenters. The molecule has 0 spiro atoms. The summed E-state index contributed by atoms with van der Waals surface area (Å²) in [5, 5.41) is 14.0. The number of anilines is 1. The van der Waals surface area contributed by atoms with Crippen LogP contribution in [-0.4, -0.2) is 18.4 Å². The highest BCUT2D eigenvalue weighted by molar-refractivity contribution is 5.82. The van der Waals surface area contributed by atoms with Crippen molar-refractivity contribution in [3.8, 4) is 11.5 Å². The van der Waals surface area contributed by atoms with Gasteiger partial charge in [0.05, 0.1) is 24.6 Å². The first-order valence-corrected chi connectivity index (χ1v) is 7.32. The van der Waals surface area contributed by atoms with E-state index < -0.39 is 11.7 Å². The zero-order chi connectivity index (χ0) is 18.4. The minimum absolute atomic E-state index is 0.0373. The Morgan fingerprint density at radius 2 is 1.92 bits per heavy atom. The van der Waals surface area contributed by atoms with Crippen molar-refractivity contribution in [3.05, 3.63) is 65.7 Å². The maximum Gasteiger partial charge on any atom is 0.416 e. The third-order valence-electron chi connectivity index (χ3n) is 3.38. The average Bonchev–Trinajstić information content (AvgIpc) is 2.57. The fourth-order valence-corrected chi connectivity index (χ4v) is 2.15. The summed E-state index contributed by atoms with van der Waals surface area (Å²) < 4.78 is 42.6. The smallest absolute Gasteiger partial charge is 0.416 e. The van der Waals surface area contributed by atoms with Gasteiger partial charge in [-0.15, -0.1) is 6.58 Å². The maximum atomic E-state index is 12.5. The number of benzene rings is 2. The number of methoxy groups -OCH3 is 1. The Morgan fingerprint density at radius 3 is 2.48 bits per heavy atom. The van der Waals surface area contributed by atoms with E-state index in [0.29, 0.717) is 29.0 Å². The molecule has 0 fully saturated rings. The van der Waals surface area contributed by atoms with Crippen molar-refractivity contribution in [1.82, 2.24) is 0 Å². The summed E-state index contributed by atoms with van der Waals surface area (Å²) in [4.78, 5) is 0. The van der Waals surface area contributed by atoms with Gasteiger partial charge in [0, 0.05) is 5.56 Å². The predicted octanol–water partition coefficient (Wildman–Crippen LogP) is 4.59. The number of phenolic OH excluding ortho intramolecular Hbond substituents is 1. The van der Waals surface area contributed by atoms with Gasteiger partial charge in [0.1, 0.15) is 0 Å². The maximum absolute atomic E-state index is 12.5. The van der Waals surface area contributed by atoms with Crippen LogP contribution in [0.3, 0.4) is 0 Å². The highest BCUT2D eigenvalue weighted by Crippen LogP contribution is 2.32. The molecule has 4 nitrogen and oxygen atoms in total. The predicted molar refractivity (Wildman–Crippen MR) is 91.2 cm³/mol. The fraction of sp³-hybridized carbons (Fsp3) is 0.167. The van der Waals surface area contributed by atoms with Crippen molar-refractivity contribution in [2.45, 2.75) is 12.6 Å². The van der Waals surface area contributed by atoms with E-state index in [2.05, 4.69) is 17.1 Å². The number of hydrogen-bond donors (Lipinski definition) is 2. The lowest BCUT2D eigenvalue weighted by Gasteiger charge is -2.09. The van der Waals surface area contributed by atoms with Gasteiger partial charge in [0.25, 0.3) is 0 Å². The van der Waals surface area contributed by atoms with E-state index in [-0.39, 0.29) is 5.75 Å². The molecule has 0 amide bonds. The highest BCUT2D eigenvalue weighted by atomic mass is 19.4. The third-order valence-corrected chi connectivity index (χ3v) is 3.38. The van der Waals surface area contributed by atoms with Gasteiger partial charge in [-0.05, 0) is 48.4 Å². The van der Waals surface area contributed by atoms with E-state index in [1.807, 2.05) is 0 Å². The topological polar surface area (TPSA) is 53.9 Å². The highest BCUT2D eigenvalue weighted by Gasteiger charge is 2.29. The molecule has 0 aliphatic heterocycles. The first kappa shape index (κ1) is 18.4. The Morgan fingerprint density at radius 1 is 1.24 bits per heavy atom. The molecule has 0 bridgehead atoms. The quantitative estimate of drug-likeness (QED) is 0.455. The van der Waals surface area contributed by atoms with Crippen LogP contribution in [0.2, 0.25) is 0 Å². The van der Waals surface area contributed by atoms with Crippen molar-refractivity contribution < 1.29 is 23.0 Å². The van der Waals surface area contributed by atoms with Gasteiger partial charge in [-0.25, -0.2) is 0 Å². The van der Waals surface area contributed by atoms with Crippen LogP contribution in [-0.2, 0) is 12.6 Å². The number of phenols is 1. The van der Waals surface area contributed by atoms with Crippen molar-refractivity contribution in [2.24, 2.45) is 5.10 Å². The minimum Gasteiger partial charge on any atom is -0.504 e. The number of rotatable bonds is 6. The summed E-state index contributed by atoms with van der Waals surface area (Å²) >= 11 is 0. The van der Waals surface area contributed by atoms with E-state index in [0.717, 1.165) is 12.1 Å². The van der Waals surface area contributed by atoms with Crippen LogP contribution >= 0.6 is 0 Å². The first-order chi connectivity index (χ1) is 11.8. The van der Waals surface area contributed by atoms with Crippen LogP contribution in [0, 0.1) is 0 Å². The van der Waals surface area contributed by atoms with E-state index in [9.17, 15) is 18.3 Å². The third kappa shape index (κ3) is 4.76. The normalized spacial score (nSPS) is 11.5. The molecule has 0 aliphatic rings. The molecule has 25 heavy (non-hydrogen) atoms. The molecule has 0 atom stereocenters. The van der Waals surface area contributed by atoms with E-state index >= 15 is 0 Å². The van der Waals surface area contributed by atoms with Crippen molar-refractivity contribution in [3.63, 3.8) is 0 Å². The summed E-state index contributed by atoms with van der Waals surface area (Å²) in [6, 6.07) is 7.85. The average molecular weight is 350 g/mol. The molecule has 0 heterocycles. The summed E-state index contributed by atoms with van der Waals surface area (Å²) in [5.74, 6) is 0.338. The van der Waals surface area contributed by atoms with Gasteiger partial charge in [0.15, 0.2) is 11.5 Å². The Hall–Kier alpha value is -2.96. The van der Waals surface area contributed by atoms with Crippen LogP contribution in [0.5, 0.6) is 11.5 Å². The van der Waals surface area contributed by atoms with Crippen molar-refractivity contribution in [1.29, 1.82) is 0 Å². The Kier molecular flexibility index (Phi) is 5.69. The number of nitrogens with one attached hydrogen (secondary N) is 1. The number of hydrogen-bond acceptors (Lipinski definition) is 4. The summed E-state index contributed by atoms with van der Waals surface area (Å²) in [5.41, 5.74) is 3.64. The molecule has 132 valence electrons. The van der Waals surface area contributed by atoms with Gasteiger partial charge in [-0.1, -0.05) is 6.08 Å². The van der Waals surface area contributed by atoms with Crippen LogP contribution in [0.4, 0.5) is 18.9 Å². The molecular formula is C18H17F3N2O2. The summed E-state index contributed by atoms with van der Waals surface area (Å²) in [7, 11) is 1.44. The van der Waals surface area contributed by atoms with Crippen LogP contribution in [0.25, 0.3) is 0 Å². The first-order valence-electron chi connectivity index (χ1n) is 7.32. The molecule has 2 N–H and O–H groups in total. The van der Waals surface area contributed by atoms with Crippen LogP contribution < -0.4 is 10.2 Å². The number of halogens is 3. The van der Waals surface area contributed by atoms with Gasteiger partial charge in [-0.3, -0.25) is 5.43 Å². The second-order valence-electron chi connectivity index (χ2n) is 5.17. The van der Waals surface area contributed by atoms with Gasteiger partial charge >= 0.3 is 6.18 Å².